The van der Waals surface area contributed by atoms with Crippen molar-refractivity contribution in [3.63, 3.8) is 0 Å². The van der Waals surface area contributed by atoms with Gasteiger partial charge in [-0.05, 0) is 25.7 Å². The Hall–Kier alpha value is -0.570. The summed E-state index contributed by atoms with van der Waals surface area (Å²) in [5, 5.41) is 8.19. The zero-order valence-corrected chi connectivity index (χ0v) is 9.60. The number of hydrogen-bond acceptors (Lipinski definition) is 2. The van der Waals surface area contributed by atoms with Crippen molar-refractivity contribution in [2.75, 3.05) is 20.2 Å². The van der Waals surface area contributed by atoms with Gasteiger partial charge in [0.15, 0.2) is 0 Å². The molecule has 0 aromatic heterocycles. The summed E-state index contributed by atoms with van der Waals surface area (Å²) in [6, 6.07) is 0. The first-order chi connectivity index (χ1) is 6.70. The third-order valence-electron chi connectivity index (χ3n) is 3.39. The molecule has 1 heterocycles. The molecule has 1 fully saturated rings. The van der Waals surface area contributed by atoms with Gasteiger partial charge in [0.05, 0.1) is 0 Å². The minimum absolute atomic E-state index is 0.343. The van der Waals surface area contributed by atoms with Crippen LogP contribution in [0.15, 0.2) is 0 Å². The van der Waals surface area contributed by atoms with Gasteiger partial charge in [0.2, 0.25) is 0 Å². The lowest BCUT2D eigenvalue weighted by atomic mass is 9.95. The summed E-state index contributed by atoms with van der Waals surface area (Å²) < 4.78 is 5.54. The van der Waals surface area contributed by atoms with Crippen molar-refractivity contribution in [1.82, 2.24) is 4.90 Å². The van der Waals surface area contributed by atoms with Gasteiger partial charge in [0.1, 0.15) is 11.4 Å². The van der Waals surface area contributed by atoms with Crippen LogP contribution < -0.4 is 0 Å². The van der Waals surface area contributed by atoms with E-state index in [1.807, 2.05) is 0 Å². The first-order valence-electron chi connectivity index (χ1n) is 5.59. The second-order valence-corrected chi connectivity index (χ2v) is 3.95. The monoisotopic (exact) mass is 198 g/mol. The lowest BCUT2D eigenvalue weighted by molar-refractivity contribution is 0.0329. The molecule has 1 saturated heterocycles. The lowest BCUT2D eigenvalue weighted by Gasteiger charge is -2.35. The Morgan fingerprint density at radius 3 is 2.14 bits per heavy atom. The van der Waals surface area contributed by atoms with Crippen LogP contribution in [-0.4, -0.2) is 36.5 Å². The Balaban J connectivity index is 2.71. The first kappa shape index (κ1) is 11.5. The maximum Gasteiger partial charge on any atom is 0.129 e. The van der Waals surface area contributed by atoms with Gasteiger partial charge >= 0.3 is 0 Å². The highest BCUT2D eigenvalue weighted by Gasteiger charge is 2.35. The van der Waals surface area contributed by atoms with Crippen molar-refractivity contribution in [1.29, 1.82) is 5.41 Å². The number of nitrogens with zero attached hydrogens (tertiary/aromatic N) is 1. The molecule has 1 N–H and O–H groups in total. The largest absolute Gasteiger partial charge is 0.370 e. The zero-order valence-electron chi connectivity index (χ0n) is 9.60. The van der Waals surface area contributed by atoms with Gasteiger partial charge in [-0.25, -0.2) is 0 Å². The fourth-order valence-corrected chi connectivity index (χ4v) is 2.20. The average Bonchev–Trinajstić information content (AvgIpc) is 2.74. The highest BCUT2D eigenvalue weighted by Crippen LogP contribution is 2.25. The van der Waals surface area contributed by atoms with Gasteiger partial charge in [-0.15, -0.1) is 0 Å². The van der Waals surface area contributed by atoms with Gasteiger partial charge in [0.25, 0.3) is 0 Å². The van der Waals surface area contributed by atoms with Gasteiger partial charge in [-0.1, -0.05) is 13.8 Å². The molecule has 0 spiro atoms. The Labute approximate surface area is 86.9 Å². The van der Waals surface area contributed by atoms with Gasteiger partial charge in [0, 0.05) is 20.2 Å². The molecule has 1 rings (SSSR count). The van der Waals surface area contributed by atoms with E-state index in [-0.39, 0.29) is 5.60 Å². The third-order valence-corrected chi connectivity index (χ3v) is 3.39. The summed E-state index contributed by atoms with van der Waals surface area (Å²) in [6.07, 6.45) is 4.20. The van der Waals surface area contributed by atoms with Crippen LogP contribution in [0.25, 0.3) is 0 Å². The summed E-state index contributed by atoms with van der Waals surface area (Å²) >= 11 is 0. The van der Waals surface area contributed by atoms with Crippen LogP contribution in [0.4, 0.5) is 0 Å². The molecule has 0 amide bonds. The molecule has 82 valence electrons. The molecule has 0 radical (unpaired) electrons. The Morgan fingerprint density at radius 2 is 1.79 bits per heavy atom. The maximum atomic E-state index is 8.19. The number of nitrogens with one attached hydrogen (secondary N) is 1. The smallest absolute Gasteiger partial charge is 0.129 e. The molecular formula is C11H22N2O. The summed E-state index contributed by atoms with van der Waals surface area (Å²) in [4.78, 5) is 2.16. The average molecular weight is 198 g/mol. The van der Waals surface area contributed by atoms with E-state index in [1.54, 1.807) is 7.11 Å². The van der Waals surface area contributed by atoms with Crippen molar-refractivity contribution in [2.24, 2.45) is 0 Å². The van der Waals surface area contributed by atoms with Crippen LogP contribution in [-0.2, 0) is 4.74 Å². The molecule has 1 aliphatic heterocycles. The molecule has 0 saturated carbocycles. The predicted molar refractivity (Wildman–Crippen MR) is 58.9 cm³/mol. The fourth-order valence-electron chi connectivity index (χ4n) is 2.20. The number of likely N-dealkylation sites (tertiary alicyclic amines) is 1. The third kappa shape index (κ3) is 1.92. The molecule has 0 unspecified atom stereocenters. The van der Waals surface area contributed by atoms with E-state index in [1.165, 1.54) is 12.8 Å². The topological polar surface area (TPSA) is 36.3 Å². The van der Waals surface area contributed by atoms with Gasteiger partial charge in [-0.3, -0.25) is 5.41 Å². The van der Waals surface area contributed by atoms with Crippen LogP contribution in [0, 0.1) is 5.41 Å². The molecule has 14 heavy (non-hydrogen) atoms. The predicted octanol–water partition coefficient (Wildman–Crippen LogP) is 2.26. The SMILES string of the molecule is CCC(CC)(OC)C(=N)N1CCCC1. The molecule has 0 atom stereocenters. The molecular weight excluding hydrogens is 176 g/mol. The number of ether oxygens (including phenoxy) is 1. The number of amidine groups is 1. The molecule has 1 aliphatic rings. The van der Waals surface area contributed by atoms with Gasteiger partial charge < -0.3 is 9.64 Å². The minimum Gasteiger partial charge on any atom is -0.370 e. The summed E-state index contributed by atoms with van der Waals surface area (Å²) in [5.41, 5.74) is -0.343. The second kappa shape index (κ2) is 4.78. The maximum absolute atomic E-state index is 8.19. The number of hydrogen-bond donors (Lipinski definition) is 1. The molecule has 3 nitrogen and oxygen atoms in total. The van der Waals surface area contributed by atoms with Crippen LogP contribution in [0.5, 0.6) is 0 Å². The normalized spacial score (nSPS) is 17.5. The van der Waals surface area contributed by atoms with Crippen LogP contribution in [0.3, 0.4) is 0 Å². The van der Waals surface area contributed by atoms with E-state index < -0.39 is 0 Å². The molecule has 3 heteroatoms. The summed E-state index contributed by atoms with van der Waals surface area (Å²) in [6.45, 7) is 6.25. The zero-order chi connectivity index (χ0) is 10.6. The fraction of sp³-hybridized carbons (Fsp3) is 0.909. The summed E-state index contributed by atoms with van der Waals surface area (Å²) in [7, 11) is 1.72. The van der Waals surface area contributed by atoms with E-state index in [9.17, 15) is 0 Å². The lowest BCUT2D eigenvalue weighted by Crippen LogP contribution is -2.48. The van der Waals surface area contributed by atoms with Crippen LogP contribution in [0.2, 0.25) is 0 Å². The first-order valence-corrected chi connectivity index (χ1v) is 5.59. The number of methoxy groups -OCH3 is 1. The van der Waals surface area contributed by atoms with Crippen molar-refractivity contribution < 1.29 is 4.74 Å². The second-order valence-electron chi connectivity index (χ2n) is 3.95. The standard InChI is InChI=1S/C11H22N2O/c1-4-11(5-2,14-3)10(12)13-8-6-7-9-13/h12H,4-9H2,1-3H3. The quantitative estimate of drug-likeness (QED) is 0.555. The van der Waals surface area contributed by atoms with E-state index in [4.69, 9.17) is 10.1 Å². The van der Waals surface area contributed by atoms with E-state index in [0.29, 0.717) is 5.84 Å². The highest BCUT2D eigenvalue weighted by molar-refractivity contribution is 5.88. The van der Waals surface area contributed by atoms with Crippen molar-refractivity contribution in [3.8, 4) is 0 Å². The van der Waals surface area contributed by atoms with E-state index in [0.717, 1.165) is 25.9 Å². The van der Waals surface area contributed by atoms with Crippen molar-refractivity contribution >= 4 is 5.84 Å². The Morgan fingerprint density at radius 1 is 1.29 bits per heavy atom. The van der Waals surface area contributed by atoms with E-state index >= 15 is 0 Å². The van der Waals surface area contributed by atoms with Gasteiger partial charge in [-0.2, -0.15) is 0 Å². The molecule has 0 aromatic rings. The molecule has 0 aliphatic carbocycles. The van der Waals surface area contributed by atoms with Crippen molar-refractivity contribution in [3.05, 3.63) is 0 Å². The highest BCUT2D eigenvalue weighted by atomic mass is 16.5. The minimum atomic E-state index is -0.343. The van der Waals surface area contributed by atoms with Crippen LogP contribution in [0.1, 0.15) is 39.5 Å². The van der Waals surface area contributed by atoms with Crippen molar-refractivity contribution in [2.45, 2.75) is 45.1 Å². The summed E-state index contributed by atoms with van der Waals surface area (Å²) in [5.74, 6) is 0.683. The van der Waals surface area contributed by atoms with E-state index in [2.05, 4.69) is 18.7 Å². The van der Waals surface area contributed by atoms with Crippen LogP contribution >= 0.6 is 0 Å². The molecule has 0 aromatic carbocycles. The Bertz CT molecular complexity index is 185. The molecule has 0 bridgehead atoms. The number of rotatable bonds is 4. The Kier molecular flexibility index (Phi) is 3.93.